The van der Waals surface area contributed by atoms with Crippen LogP contribution in [0.2, 0.25) is 0 Å². The highest BCUT2D eigenvalue weighted by Gasteiger charge is 2.25. The van der Waals surface area contributed by atoms with E-state index in [9.17, 15) is 0 Å². The molecule has 0 spiro atoms. The normalized spacial score (nSPS) is 20.5. The highest BCUT2D eigenvalue weighted by Crippen LogP contribution is 2.19. The van der Waals surface area contributed by atoms with E-state index in [4.69, 9.17) is 4.74 Å². The Morgan fingerprint density at radius 3 is 2.64 bits per heavy atom. The molecule has 160 valence electrons. The van der Waals surface area contributed by atoms with Crippen LogP contribution in [0.5, 0.6) is 0 Å². The van der Waals surface area contributed by atoms with Gasteiger partial charge in [0.15, 0.2) is 5.96 Å². The lowest BCUT2D eigenvalue weighted by Crippen LogP contribution is -2.51. The first-order chi connectivity index (χ1) is 13.2. The Morgan fingerprint density at radius 2 is 1.96 bits per heavy atom. The number of hydrogen-bond acceptors (Lipinski definition) is 3. The molecule has 1 aromatic rings. The van der Waals surface area contributed by atoms with Crippen molar-refractivity contribution in [2.75, 3.05) is 33.4 Å². The minimum absolute atomic E-state index is 0. The lowest BCUT2D eigenvalue weighted by molar-refractivity contribution is 0.129. The summed E-state index contributed by atoms with van der Waals surface area (Å²) >= 11 is 0. The fourth-order valence-electron chi connectivity index (χ4n) is 3.52. The fraction of sp³-hybridized carbons (Fsp3) is 0.682. The van der Waals surface area contributed by atoms with Crippen LogP contribution in [-0.4, -0.2) is 56.3 Å². The quantitative estimate of drug-likeness (QED) is 0.220. The van der Waals surface area contributed by atoms with E-state index in [-0.39, 0.29) is 24.0 Å². The fourth-order valence-corrected chi connectivity index (χ4v) is 3.52. The molecule has 1 heterocycles. The average molecular weight is 502 g/mol. The van der Waals surface area contributed by atoms with Crippen LogP contribution in [0.1, 0.15) is 51.5 Å². The van der Waals surface area contributed by atoms with Gasteiger partial charge in [0.2, 0.25) is 0 Å². The van der Waals surface area contributed by atoms with Crippen molar-refractivity contribution in [1.82, 2.24) is 15.5 Å². The molecule has 1 aromatic carbocycles. The molecule has 2 N–H and O–H groups in total. The van der Waals surface area contributed by atoms with E-state index in [1.165, 1.54) is 12.0 Å². The number of nitrogens with one attached hydrogen (secondary N) is 2. The van der Waals surface area contributed by atoms with E-state index in [0.717, 1.165) is 64.5 Å². The molecule has 0 bridgehead atoms. The Kier molecular flexibility index (Phi) is 13.5. The van der Waals surface area contributed by atoms with Gasteiger partial charge in [-0.05, 0) is 38.2 Å². The third kappa shape index (κ3) is 9.56. The van der Waals surface area contributed by atoms with Crippen LogP contribution in [0.3, 0.4) is 0 Å². The van der Waals surface area contributed by atoms with E-state index in [1.807, 2.05) is 7.05 Å². The summed E-state index contributed by atoms with van der Waals surface area (Å²) in [6, 6.07) is 11.8. The lowest BCUT2D eigenvalue weighted by Gasteiger charge is -2.38. The Balaban J connectivity index is 0.00000392. The van der Waals surface area contributed by atoms with Crippen LogP contribution in [0.4, 0.5) is 0 Å². The van der Waals surface area contributed by atoms with Crippen LogP contribution in [0.25, 0.3) is 0 Å². The number of piperidine rings is 1. The van der Waals surface area contributed by atoms with Crippen molar-refractivity contribution in [3.8, 4) is 0 Å². The van der Waals surface area contributed by atoms with Crippen LogP contribution in [0.15, 0.2) is 35.3 Å². The first kappa shape index (κ1) is 25.2. The summed E-state index contributed by atoms with van der Waals surface area (Å²) in [5, 5.41) is 7.02. The molecule has 1 fully saturated rings. The van der Waals surface area contributed by atoms with Crippen molar-refractivity contribution in [2.24, 2.45) is 4.99 Å². The highest BCUT2D eigenvalue weighted by atomic mass is 127. The number of hydrogen-bond donors (Lipinski definition) is 2. The first-order valence-corrected chi connectivity index (χ1v) is 10.6. The number of aliphatic imine (C=N–C) groups is 1. The predicted molar refractivity (Wildman–Crippen MR) is 130 cm³/mol. The minimum atomic E-state index is 0. The third-order valence-corrected chi connectivity index (χ3v) is 5.21. The molecule has 0 saturated carbocycles. The summed E-state index contributed by atoms with van der Waals surface area (Å²) in [6.07, 6.45) is 5.65. The van der Waals surface area contributed by atoms with E-state index in [1.54, 1.807) is 0 Å². The van der Waals surface area contributed by atoms with Crippen molar-refractivity contribution in [1.29, 1.82) is 0 Å². The molecule has 5 nitrogen and oxygen atoms in total. The second kappa shape index (κ2) is 15.0. The topological polar surface area (TPSA) is 48.9 Å². The monoisotopic (exact) mass is 502 g/mol. The Hall–Kier alpha value is -0.860. The number of guanidine groups is 1. The Morgan fingerprint density at radius 1 is 1.21 bits per heavy atom. The van der Waals surface area contributed by atoms with Gasteiger partial charge in [0.05, 0.1) is 0 Å². The van der Waals surface area contributed by atoms with Crippen molar-refractivity contribution in [3.05, 3.63) is 35.9 Å². The van der Waals surface area contributed by atoms with Gasteiger partial charge in [0.1, 0.15) is 0 Å². The number of rotatable bonds is 10. The van der Waals surface area contributed by atoms with Crippen LogP contribution < -0.4 is 10.6 Å². The summed E-state index contributed by atoms with van der Waals surface area (Å²) in [5.74, 6) is 0.914. The lowest BCUT2D eigenvalue weighted by atomic mass is 9.97. The molecular formula is C22H39IN4O. The largest absolute Gasteiger partial charge is 0.381 e. The number of halogens is 1. The number of nitrogens with zero attached hydrogens (tertiary/aromatic N) is 2. The number of benzene rings is 1. The van der Waals surface area contributed by atoms with Crippen LogP contribution >= 0.6 is 24.0 Å². The summed E-state index contributed by atoms with van der Waals surface area (Å²) in [4.78, 5) is 6.96. The molecule has 0 aliphatic carbocycles. The number of ether oxygens (including phenoxy) is 1. The van der Waals surface area contributed by atoms with Gasteiger partial charge in [-0.25, -0.2) is 0 Å². The molecule has 1 saturated heterocycles. The van der Waals surface area contributed by atoms with E-state index in [2.05, 4.69) is 64.7 Å². The van der Waals surface area contributed by atoms with Crippen molar-refractivity contribution in [3.63, 3.8) is 0 Å². The summed E-state index contributed by atoms with van der Waals surface area (Å²) in [5.41, 5.74) is 1.40. The summed E-state index contributed by atoms with van der Waals surface area (Å²) < 4.78 is 5.61. The highest BCUT2D eigenvalue weighted by molar-refractivity contribution is 14.0. The average Bonchev–Trinajstić information content (AvgIpc) is 2.69. The van der Waals surface area contributed by atoms with Gasteiger partial charge < -0.3 is 15.4 Å². The molecule has 6 heteroatoms. The SMILES string of the molecule is CCCCOCCCNC(=NC)NC1CCN(Cc2ccccc2)C(C)C1.I. The molecule has 28 heavy (non-hydrogen) atoms. The maximum Gasteiger partial charge on any atom is 0.191 e. The molecule has 0 amide bonds. The molecule has 2 atom stereocenters. The molecule has 2 unspecified atom stereocenters. The maximum atomic E-state index is 5.61. The van der Waals surface area contributed by atoms with E-state index >= 15 is 0 Å². The zero-order chi connectivity index (χ0) is 19.3. The first-order valence-electron chi connectivity index (χ1n) is 10.6. The van der Waals surface area contributed by atoms with Crippen molar-refractivity contribution in [2.45, 2.75) is 64.6 Å². The second-order valence-electron chi connectivity index (χ2n) is 7.49. The predicted octanol–water partition coefficient (Wildman–Crippen LogP) is 4.03. The van der Waals surface area contributed by atoms with Gasteiger partial charge in [-0.2, -0.15) is 0 Å². The molecule has 0 aromatic heterocycles. The van der Waals surface area contributed by atoms with Gasteiger partial charge in [0, 0.05) is 52.0 Å². The van der Waals surface area contributed by atoms with E-state index < -0.39 is 0 Å². The Bertz CT molecular complexity index is 541. The van der Waals surface area contributed by atoms with Gasteiger partial charge >= 0.3 is 0 Å². The molecule has 0 radical (unpaired) electrons. The third-order valence-electron chi connectivity index (χ3n) is 5.21. The van der Waals surface area contributed by atoms with Crippen molar-refractivity contribution >= 4 is 29.9 Å². The van der Waals surface area contributed by atoms with Crippen LogP contribution in [-0.2, 0) is 11.3 Å². The van der Waals surface area contributed by atoms with Gasteiger partial charge in [-0.15, -0.1) is 24.0 Å². The maximum absolute atomic E-state index is 5.61. The van der Waals surface area contributed by atoms with Gasteiger partial charge in [-0.1, -0.05) is 43.7 Å². The van der Waals surface area contributed by atoms with Gasteiger partial charge in [-0.3, -0.25) is 9.89 Å². The summed E-state index contributed by atoms with van der Waals surface area (Å²) in [7, 11) is 1.85. The zero-order valence-corrected chi connectivity index (χ0v) is 20.2. The number of unbranched alkanes of at least 4 members (excludes halogenated alkanes) is 1. The smallest absolute Gasteiger partial charge is 0.191 e. The zero-order valence-electron chi connectivity index (χ0n) is 17.8. The standard InChI is InChI=1S/C22H38N4O.HI/c1-4-5-15-27-16-9-13-24-22(23-3)25-21-12-14-26(19(2)17-21)18-20-10-7-6-8-11-20;/h6-8,10-11,19,21H,4-5,9,12-18H2,1-3H3,(H2,23,24,25);1H. The Labute approximate surface area is 188 Å². The number of likely N-dealkylation sites (tertiary alicyclic amines) is 1. The second-order valence-corrected chi connectivity index (χ2v) is 7.49. The molecule has 1 aliphatic rings. The molecule has 1 aliphatic heterocycles. The van der Waals surface area contributed by atoms with Crippen LogP contribution in [0, 0.1) is 0 Å². The van der Waals surface area contributed by atoms with Crippen molar-refractivity contribution < 1.29 is 4.74 Å². The minimum Gasteiger partial charge on any atom is -0.381 e. The van der Waals surface area contributed by atoms with E-state index in [0.29, 0.717) is 12.1 Å². The summed E-state index contributed by atoms with van der Waals surface area (Å²) in [6.45, 7) is 9.28. The molecular weight excluding hydrogens is 463 g/mol. The molecule has 2 rings (SSSR count). The van der Waals surface area contributed by atoms with Gasteiger partial charge in [0.25, 0.3) is 0 Å².